The van der Waals surface area contributed by atoms with Gasteiger partial charge < -0.3 is 5.11 Å². The molecule has 1 aromatic carbocycles. The molecule has 0 fully saturated rings. The number of nitrogens with zero attached hydrogens (tertiary/aromatic N) is 1. The Balaban J connectivity index is 2.39. The minimum Gasteiger partial charge on any atom is -0.386 e. The topological polar surface area (TPSA) is 33.1 Å². The van der Waals surface area contributed by atoms with E-state index in [1.165, 1.54) is 22.5 Å². The van der Waals surface area contributed by atoms with E-state index in [1.54, 1.807) is 6.92 Å². The van der Waals surface area contributed by atoms with Gasteiger partial charge in [-0.2, -0.15) is 0 Å². The molecule has 1 heterocycles. The molecular formula is C13H15NOS. The van der Waals surface area contributed by atoms with Gasteiger partial charge in [0.05, 0.1) is 5.69 Å². The van der Waals surface area contributed by atoms with Crippen LogP contribution in [0.15, 0.2) is 23.6 Å². The first kappa shape index (κ1) is 11.3. The lowest BCUT2D eigenvalue weighted by Gasteiger charge is -2.02. The van der Waals surface area contributed by atoms with Crippen molar-refractivity contribution < 1.29 is 5.11 Å². The van der Waals surface area contributed by atoms with E-state index in [9.17, 15) is 5.11 Å². The highest BCUT2D eigenvalue weighted by atomic mass is 32.1. The molecule has 1 N–H and O–H groups in total. The summed E-state index contributed by atoms with van der Waals surface area (Å²) in [6.07, 6.45) is -0.481. The Bertz CT molecular complexity index is 502. The molecule has 0 bridgehead atoms. The monoisotopic (exact) mass is 233 g/mol. The average Bonchev–Trinajstić information content (AvgIpc) is 2.71. The van der Waals surface area contributed by atoms with E-state index < -0.39 is 6.10 Å². The van der Waals surface area contributed by atoms with Gasteiger partial charge in [-0.3, -0.25) is 0 Å². The number of hydrogen-bond acceptors (Lipinski definition) is 3. The van der Waals surface area contributed by atoms with Gasteiger partial charge in [-0.15, -0.1) is 11.3 Å². The van der Waals surface area contributed by atoms with Crippen molar-refractivity contribution in [3.8, 4) is 11.3 Å². The highest BCUT2D eigenvalue weighted by Crippen LogP contribution is 2.26. The number of rotatable bonds is 2. The summed E-state index contributed by atoms with van der Waals surface area (Å²) in [6, 6.07) is 6.31. The first-order valence-corrected chi connectivity index (χ1v) is 6.17. The van der Waals surface area contributed by atoms with Crippen LogP contribution in [0.4, 0.5) is 0 Å². The van der Waals surface area contributed by atoms with Crippen molar-refractivity contribution in [2.75, 3.05) is 0 Å². The third-order valence-electron chi connectivity index (χ3n) is 2.68. The van der Waals surface area contributed by atoms with E-state index in [0.717, 1.165) is 16.3 Å². The third kappa shape index (κ3) is 2.15. The van der Waals surface area contributed by atoms with Crippen LogP contribution in [0.5, 0.6) is 0 Å². The van der Waals surface area contributed by atoms with Crippen LogP contribution >= 0.6 is 11.3 Å². The largest absolute Gasteiger partial charge is 0.386 e. The molecule has 1 aromatic heterocycles. The minimum absolute atomic E-state index is 0.481. The normalized spacial score (nSPS) is 12.8. The SMILES string of the molecule is Cc1ccc(-c2csc(C(C)O)n2)cc1C. The van der Waals surface area contributed by atoms with Crippen molar-refractivity contribution in [3.05, 3.63) is 39.7 Å². The molecule has 0 radical (unpaired) electrons. The van der Waals surface area contributed by atoms with Crippen LogP contribution < -0.4 is 0 Å². The Morgan fingerprint density at radius 2 is 2.00 bits per heavy atom. The first-order chi connectivity index (χ1) is 7.58. The van der Waals surface area contributed by atoms with Gasteiger partial charge in [0.15, 0.2) is 0 Å². The fraction of sp³-hybridized carbons (Fsp3) is 0.308. The predicted molar refractivity (Wildman–Crippen MR) is 67.7 cm³/mol. The number of thiazole rings is 1. The third-order valence-corrected chi connectivity index (χ3v) is 3.70. The van der Waals surface area contributed by atoms with E-state index in [4.69, 9.17) is 0 Å². The fourth-order valence-corrected chi connectivity index (χ4v) is 2.28. The zero-order valence-electron chi connectivity index (χ0n) is 9.69. The Kier molecular flexibility index (Phi) is 3.08. The van der Waals surface area contributed by atoms with E-state index in [2.05, 4.69) is 37.0 Å². The molecule has 84 valence electrons. The van der Waals surface area contributed by atoms with Gasteiger partial charge in [0, 0.05) is 10.9 Å². The van der Waals surface area contributed by atoms with Gasteiger partial charge in [0.2, 0.25) is 0 Å². The second kappa shape index (κ2) is 4.36. The van der Waals surface area contributed by atoms with E-state index >= 15 is 0 Å². The van der Waals surface area contributed by atoms with Crippen LogP contribution in [-0.2, 0) is 0 Å². The number of aliphatic hydroxyl groups excluding tert-OH is 1. The van der Waals surface area contributed by atoms with Gasteiger partial charge in [-0.1, -0.05) is 12.1 Å². The molecule has 0 saturated heterocycles. The van der Waals surface area contributed by atoms with Crippen molar-refractivity contribution >= 4 is 11.3 Å². The first-order valence-electron chi connectivity index (χ1n) is 5.29. The van der Waals surface area contributed by atoms with Crippen molar-refractivity contribution in [3.63, 3.8) is 0 Å². The molecule has 1 unspecified atom stereocenters. The van der Waals surface area contributed by atoms with Crippen molar-refractivity contribution in [2.24, 2.45) is 0 Å². The van der Waals surface area contributed by atoms with Crippen molar-refractivity contribution in [2.45, 2.75) is 26.9 Å². The highest BCUT2D eigenvalue weighted by Gasteiger charge is 2.08. The molecule has 3 heteroatoms. The van der Waals surface area contributed by atoms with Crippen LogP contribution in [-0.4, -0.2) is 10.1 Å². The second-order valence-electron chi connectivity index (χ2n) is 4.05. The number of benzene rings is 1. The summed E-state index contributed by atoms with van der Waals surface area (Å²) in [5.74, 6) is 0. The van der Waals surface area contributed by atoms with Gasteiger partial charge in [-0.25, -0.2) is 4.98 Å². The minimum atomic E-state index is -0.481. The Morgan fingerprint density at radius 1 is 1.25 bits per heavy atom. The molecule has 16 heavy (non-hydrogen) atoms. The molecule has 0 aliphatic rings. The number of hydrogen-bond donors (Lipinski definition) is 1. The quantitative estimate of drug-likeness (QED) is 0.861. The molecule has 2 aromatic rings. The summed E-state index contributed by atoms with van der Waals surface area (Å²) in [5.41, 5.74) is 4.62. The molecule has 0 spiro atoms. The molecule has 2 nitrogen and oxygen atoms in total. The smallest absolute Gasteiger partial charge is 0.122 e. The summed E-state index contributed by atoms with van der Waals surface area (Å²) in [6.45, 7) is 5.94. The van der Waals surface area contributed by atoms with Crippen LogP contribution in [0.3, 0.4) is 0 Å². The summed E-state index contributed by atoms with van der Waals surface area (Å²) in [5, 5.41) is 12.2. The van der Waals surface area contributed by atoms with Crippen LogP contribution in [0.2, 0.25) is 0 Å². The Labute approximate surface area is 99.6 Å². The van der Waals surface area contributed by atoms with Gasteiger partial charge in [0.25, 0.3) is 0 Å². The summed E-state index contributed by atoms with van der Waals surface area (Å²) in [7, 11) is 0. The maximum absolute atomic E-state index is 9.43. The maximum Gasteiger partial charge on any atom is 0.122 e. The Hall–Kier alpha value is -1.19. The summed E-state index contributed by atoms with van der Waals surface area (Å²) < 4.78 is 0. The number of aryl methyl sites for hydroxylation is 2. The van der Waals surface area contributed by atoms with Crippen molar-refractivity contribution in [1.29, 1.82) is 0 Å². The zero-order valence-corrected chi connectivity index (χ0v) is 10.5. The van der Waals surface area contributed by atoms with Gasteiger partial charge >= 0.3 is 0 Å². The standard InChI is InChI=1S/C13H15NOS/c1-8-4-5-11(6-9(8)2)12-7-16-13(14-12)10(3)15/h4-7,10,15H,1-3H3. The molecular weight excluding hydrogens is 218 g/mol. The second-order valence-corrected chi connectivity index (χ2v) is 4.94. The van der Waals surface area contributed by atoms with Gasteiger partial charge in [-0.05, 0) is 38.0 Å². The lowest BCUT2D eigenvalue weighted by Crippen LogP contribution is -1.89. The Morgan fingerprint density at radius 3 is 2.56 bits per heavy atom. The highest BCUT2D eigenvalue weighted by molar-refractivity contribution is 7.10. The lowest BCUT2D eigenvalue weighted by molar-refractivity contribution is 0.199. The van der Waals surface area contributed by atoms with Crippen LogP contribution in [0, 0.1) is 13.8 Å². The molecule has 0 saturated carbocycles. The van der Waals surface area contributed by atoms with E-state index in [0.29, 0.717) is 0 Å². The van der Waals surface area contributed by atoms with E-state index in [1.807, 2.05) is 5.38 Å². The number of aromatic nitrogens is 1. The maximum atomic E-state index is 9.43. The molecule has 2 rings (SSSR count). The fourth-order valence-electron chi connectivity index (χ4n) is 1.51. The van der Waals surface area contributed by atoms with Crippen molar-refractivity contribution in [1.82, 2.24) is 4.98 Å². The van der Waals surface area contributed by atoms with Crippen LogP contribution in [0.25, 0.3) is 11.3 Å². The molecule has 1 atom stereocenters. The molecule has 0 aliphatic heterocycles. The average molecular weight is 233 g/mol. The molecule has 0 aliphatic carbocycles. The van der Waals surface area contributed by atoms with Gasteiger partial charge in [0.1, 0.15) is 11.1 Å². The summed E-state index contributed by atoms with van der Waals surface area (Å²) in [4.78, 5) is 4.42. The molecule has 0 amide bonds. The summed E-state index contributed by atoms with van der Waals surface area (Å²) >= 11 is 1.50. The van der Waals surface area contributed by atoms with E-state index in [-0.39, 0.29) is 0 Å². The lowest BCUT2D eigenvalue weighted by atomic mass is 10.1. The number of aliphatic hydroxyl groups is 1. The van der Waals surface area contributed by atoms with Crippen LogP contribution in [0.1, 0.15) is 29.2 Å². The zero-order chi connectivity index (χ0) is 11.7. The predicted octanol–water partition coefficient (Wildman–Crippen LogP) is 3.48.